The predicted octanol–water partition coefficient (Wildman–Crippen LogP) is 2.26. The van der Waals surface area contributed by atoms with E-state index in [0.29, 0.717) is 16.5 Å². The topological polar surface area (TPSA) is 33.0 Å². The van der Waals surface area contributed by atoms with Gasteiger partial charge in [0.15, 0.2) is 0 Å². The molecule has 0 atom stereocenters. The van der Waals surface area contributed by atoms with Gasteiger partial charge in [0.1, 0.15) is 5.75 Å². The van der Waals surface area contributed by atoms with Crippen LogP contribution in [0.4, 0.5) is 5.69 Å². The van der Waals surface area contributed by atoms with Gasteiger partial charge in [-0.25, -0.2) is 0 Å². The van der Waals surface area contributed by atoms with Gasteiger partial charge in [-0.15, -0.1) is 0 Å². The van der Waals surface area contributed by atoms with Crippen molar-refractivity contribution < 1.29 is 4.74 Å². The number of rotatable bonds is 1. The Morgan fingerprint density at radius 1 is 1.50 bits per heavy atom. The van der Waals surface area contributed by atoms with Gasteiger partial charge in [0.05, 0.1) is 17.8 Å². The molecule has 0 aliphatic heterocycles. The normalized spacial score (nSPS) is 9.40. The van der Waals surface area contributed by atoms with Crippen molar-refractivity contribution in [3.63, 3.8) is 0 Å². The zero-order valence-corrected chi connectivity index (χ0v) is 6.27. The van der Waals surface area contributed by atoms with Crippen molar-refractivity contribution in [2.45, 2.75) is 0 Å². The number of hydrogen-bond donors (Lipinski definition) is 0. The molecule has 3 heteroatoms. The van der Waals surface area contributed by atoms with E-state index in [1.165, 1.54) is 0 Å². The molecule has 1 N–H and O–H groups in total. The van der Waals surface area contributed by atoms with E-state index < -0.39 is 0 Å². The summed E-state index contributed by atoms with van der Waals surface area (Å²) in [6.45, 7) is 0. The fourth-order valence-corrected chi connectivity index (χ4v) is 0.924. The van der Waals surface area contributed by atoms with Crippen LogP contribution >= 0.6 is 11.6 Å². The molecule has 0 aliphatic rings. The zero-order valence-electron chi connectivity index (χ0n) is 5.52. The molecule has 0 spiro atoms. The second-order valence-electron chi connectivity index (χ2n) is 1.85. The Morgan fingerprint density at radius 2 is 2.20 bits per heavy atom. The fourth-order valence-electron chi connectivity index (χ4n) is 0.666. The highest BCUT2D eigenvalue weighted by Gasteiger charge is 1.97. The molecule has 1 aromatic carbocycles. The summed E-state index contributed by atoms with van der Waals surface area (Å²) < 4.78 is 4.88. The molecule has 0 aliphatic carbocycles. The highest BCUT2D eigenvalue weighted by atomic mass is 35.5. The smallest absolute Gasteiger partial charge is 0.137 e. The lowest BCUT2D eigenvalue weighted by Crippen LogP contribution is -1.82. The molecule has 53 valence electrons. The second-order valence-corrected chi connectivity index (χ2v) is 2.26. The Hall–Kier alpha value is -0.890. The molecule has 2 nitrogen and oxygen atoms in total. The van der Waals surface area contributed by atoms with Crippen molar-refractivity contribution in [2.24, 2.45) is 0 Å². The molecule has 0 saturated heterocycles. The van der Waals surface area contributed by atoms with Gasteiger partial charge in [-0.1, -0.05) is 11.6 Å². The SMILES string of the molecule is COc1ccc([NH])cc1Cl. The van der Waals surface area contributed by atoms with Crippen LogP contribution in [0.1, 0.15) is 0 Å². The monoisotopic (exact) mass is 156 g/mol. The number of hydrogen-bond acceptors (Lipinski definition) is 1. The van der Waals surface area contributed by atoms with Crippen LogP contribution in [0.15, 0.2) is 18.2 Å². The predicted molar refractivity (Wildman–Crippen MR) is 40.8 cm³/mol. The largest absolute Gasteiger partial charge is 0.495 e. The fraction of sp³-hybridized carbons (Fsp3) is 0.143. The standard InChI is InChI=1S/C7H7ClNO/c1-10-7-3-2-5(9)4-6(7)8/h2-4,9H,1H3. The number of methoxy groups -OCH3 is 1. The Kier molecular flexibility index (Phi) is 2.02. The molecule has 0 heterocycles. The molecule has 0 bridgehead atoms. The first-order chi connectivity index (χ1) is 4.74. The van der Waals surface area contributed by atoms with Gasteiger partial charge >= 0.3 is 0 Å². The van der Waals surface area contributed by atoms with Crippen molar-refractivity contribution in [3.05, 3.63) is 23.2 Å². The summed E-state index contributed by atoms with van der Waals surface area (Å²) in [5.74, 6) is 0.609. The van der Waals surface area contributed by atoms with Crippen LogP contribution in [0.2, 0.25) is 5.02 Å². The zero-order chi connectivity index (χ0) is 7.56. The van der Waals surface area contributed by atoms with Gasteiger partial charge in [0, 0.05) is 0 Å². The van der Waals surface area contributed by atoms with E-state index in [2.05, 4.69) is 0 Å². The Morgan fingerprint density at radius 3 is 2.70 bits per heavy atom. The first-order valence-corrected chi connectivity index (χ1v) is 3.17. The van der Waals surface area contributed by atoms with Gasteiger partial charge in [-0.05, 0) is 18.2 Å². The summed E-state index contributed by atoms with van der Waals surface area (Å²) in [5.41, 5.74) is 7.56. The number of benzene rings is 1. The average molecular weight is 157 g/mol. The third-order valence-electron chi connectivity index (χ3n) is 1.15. The van der Waals surface area contributed by atoms with Gasteiger partial charge < -0.3 is 10.5 Å². The first-order valence-electron chi connectivity index (χ1n) is 2.79. The second kappa shape index (κ2) is 2.80. The summed E-state index contributed by atoms with van der Waals surface area (Å²) in [6, 6.07) is 4.84. The molecule has 1 rings (SSSR count). The molecule has 0 aromatic heterocycles. The maximum atomic E-state index is 7.17. The first kappa shape index (κ1) is 7.22. The van der Waals surface area contributed by atoms with E-state index in [-0.39, 0.29) is 0 Å². The van der Waals surface area contributed by atoms with Crippen molar-refractivity contribution in [1.29, 1.82) is 0 Å². The Labute approximate surface area is 64.6 Å². The van der Waals surface area contributed by atoms with Gasteiger partial charge in [0.25, 0.3) is 0 Å². The summed E-state index contributed by atoms with van der Waals surface area (Å²) in [5, 5.41) is 0.481. The van der Waals surface area contributed by atoms with Crippen LogP contribution < -0.4 is 10.5 Å². The lowest BCUT2D eigenvalue weighted by Gasteiger charge is -2.01. The van der Waals surface area contributed by atoms with E-state index in [1.54, 1.807) is 25.3 Å². The third kappa shape index (κ3) is 1.33. The van der Waals surface area contributed by atoms with Gasteiger partial charge in [0.2, 0.25) is 0 Å². The van der Waals surface area contributed by atoms with Crippen molar-refractivity contribution >= 4 is 17.3 Å². The molecular formula is C7H7ClNO. The molecule has 0 saturated carbocycles. The van der Waals surface area contributed by atoms with Crippen LogP contribution in [0.25, 0.3) is 0 Å². The number of ether oxygens (including phenoxy) is 1. The van der Waals surface area contributed by atoms with E-state index in [1.807, 2.05) is 0 Å². The lowest BCUT2D eigenvalue weighted by atomic mass is 10.3. The highest BCUT2D eigenvalue weighted by Crippen LogP contribution is 2.25. The minimum absolute atomic E-state index is 0.394. The number of nitrogens with one attached hydrogen (secondary N) is 1. The van der Waals surface area contributed by atoms with Gasteiger partial charge in [-0.3, -0.25) is 0 Å². The molecule has 1 aromatic rings. The van der Waals surface area contributed by atoms with Gasteiger partial charge in [-0.2, -0.15) is 0 Å². The van der Waals surface area contributed by atoms with Crippen LogP contribution in [0.3, 0.4) is 0 Å². The molecular weight excluding hydrogens is 150 g/mol. The molecule has 0 unspecified atom stereocenters. The maximum Gasteiger partial charge on any atom is 0.137 e. The van der Waals surface area contributed by atoms with E-state index in [4.69, 9.17) is 22.1 Å². The van der Waals surface area contributed by atoms with Crippen molar-refractivity contribution in [2.75, 3.05) is 7.11 Å². The summed E-state index contributed by atoms with van der Waals surface area (Å²) in [4.78, 5) is 0. The minimum Gasteiger partial charge on any atom is -0.495 e. The summed E-state index contributed by atoms with van der Waals surface area (Å²) >= 11 is 5.68. The summed E-state index contributed by atoms with van der Waals surface area (Å²) in [7, 11) is 1.55. The molecule has 1 radical (unpaired) electrons. The maximum absolute atomic E-state index is 7.17. The highest BCUT2D eigenvalue weighted by molar-refractivity contribution is 6.32. The molecule has 0 amide bonds. The number of halogens is 1. The van der Waals surface area contributed by atoms with E-state index >= 15 is 0 Å². The van der Waals surface area contributed by atoms with Crippen LogP contribution in [-0.4, -0.2) is 7.11 Å². The minimum atomic E-state index is 0.394. The Balaban J connectivity index is 3.07. The van der Waals surface area contributed by atoms with E-state index in [0.717, 1.165) is 0 Å². The molecule has 0 fully saturated rings. The Bertz CT molecular complexity index is 237. The van der Waals surface area contributed by atoms with Crippen LogP contribution in [0.5, 0.6) is 5.75 Å². The molecule has 10 heavy (non-hydrogen) atoms. The quantitative estimate of drug-likeness (QED) is 0.614. The average Bonchev–Trinajstić information content (AvgIpc) is 1.88. The van der Waals surface area contributed by atoms with Crippen LogP contribution in [0, 0.1) is 0 Å². The summed E-state index contributed by atoms with van der Waals surface area (Å²) in [6.07, 6.45) is 0. The lowest BCUT2D eigenvalue weighted by molar-refractivity contribution is 0.415. The van der Waals surface area contributed by atoms with Crippen LogP contribution in [-0.2, 0) is 0 Å². The van der Waals surface area contributed by atoms with Crippen molar-refractivity contribution in [1.82, 2.24) is 5.73 Å². The third-order valence-corrected chi connectivity index (χ3v) is 1.45. The van der Waals surface area contributed by atoms with Crippen molar-refractivity contribution in [3.8, 4) is 5.75 Å². The van der Waals surface area contributed by atoms with E-state index in [9.17, 15) is 0 Å².